The maximum absolute atomic E-state index is 13.0. The van der Waals surface area contributed by atoms with E-state index in [1.807, 2.05) is 59.9 Å². The quantitative estimate of drug-likeness (QED) is 0.348. The summed E-state index contributed by atoms with van der Waals surface area (Å²) in [5.74, 6) is -0.331. The van der Waals surface area contributed by atoms with Gasteiger partial charge in [0.25, 0.3) is 5.56 Å². The molecule has 0 saturated heterocycles. The minimum Gasteiger partial charge on any atom is -0.494 e. The fourth-order valence-corrected chi connectivity index (χ4v) is 4.98. The normalized spacial score (nSPS) is 15.8. The topological polar surface area (TPSA) is 107 Å². The summed E-state index contributed by atoms with van der Waals surface area (Å²) in [7, 11) is 0. The summed E-state index contributed by atoms with van der Waals surface area (Å²) >= 11 is 0. The second kappa shape index (κ2) is 6.96. The van der Waals surface area contributed by atoms with E-state index < -0.39 is 17.3 Å². The molecule has 5 N–H and O–H groups in total. The molecule has 0 aliphatic carbocycles. The van der Waals surface area contributed by atoms with Gasteiger partial charge in [0.05, 0.1) is 17.9 Å². The number of para-hydroxylation sites is 1. The van der Waals surface area contributed by atoms with Crippen LogP contribution in [-0.2, 0) is 6.42 Å². The minimum atomic E-state index is -0.666. The van der Waals surface area contributed by atoms with Crippen molar-refractivity contribution in [3.63, 3.8) is 0 Å². The number of nitrogens with one attached hydrogen (secondary N) is 2. The monoisotopic (exact) mass is 425 g/mol. The molecule has 0 unspecified atom stereocenters. The number of rotatable bonds is 2. The number of aromatic nitrogens is 3. The fraction of sp³-hybridized carbons (Fsp3) is 0.120. The maximum Gasteiger partial charge on any atom is 0.335 e. The van der Waals surface area contributed by atoms with Crippen molar-refractivity contribution in [1.29, 1.82) is 0 Å². The minimum absolute atomic E-state index is 0.171. The SMILES string of the molecule is O=c1[nH]c(=O)n(-c2cccc3ccccc23)c(O)c1[C@@H]1[NH2+]CCc2c1[nH]c1ccccc21. The number of hydrogen-bond acceptors (Lipinski definition) is 3. The van der Waals surface area contributed by atoms with Crippen molar-refractivity contribution in [2.45, 2.75) is 12.5 Å². The van der Waals surface area contributed by atoms with E-state index >= 15 is 0 Å². The van der Waals surface area contributed by atoms with Crippen LogP contribution in [0.2, 0.25) is 0 Å². The molecule has 1 aliphatic heterocycles. The predicted molar refractivity (Wildman–Crippen MR) is 122 cm³/mol. The molecule has 6 rings (SSSR count). The van der Waals surface area contributed by atoms with Gasteiger partial charge >= 0.3 is 5.69 Å². The average Bonchev–Trinajstić information content (AvgIpc) is 3.19. The van der Waals surface area contributed by atoms with Crippen LogP contribution in [-0.4, -0.2) is 26.2 Å². The van der Waals surface area contributed by atoms with E-state index in [9.17, 15) is 14.7 Å². The van der Waals surface area contributed by atoms with E-state index in [0.717, 1.165) is 45.9 Å². The molecule has 0 fully saturated rings. The van der Waals surface area contributed by atoms with Gasteiger partial charge in [-0.1, -0.05) is 54.6 Å². The molecule has 3 heterocycles. The molecule has 1 atom stereocenters. The van der Waals surface area contributed by atoms with Crippen LogP contribution >= 0.6 is 0 Å². The summed E-state index contributed by atoms with van der Waals surface area (Å²) in [6.07, 6.45) is 0.859. The van der Waals surface area contributed by atoms with Crippen molar-refractivity contribution in [2.24, 2.45) is 0 Å². The molecule has 7 nitrogen and oxygen atoms in total. The van der Waals surface area contributed by atoms with Crippen LogP contribution in [0.4, 0.5) is 0 Å². The summed E-state index contributed by atoms with van der Waals surface area (Å²) in [6.45, 7) is 0.770. The maximum atomic E-state index is 13.0. The van der Waals surface area contributed by atoms with E-state index in [0.29, 0.717) is 5.69 Å². The number of fused-ring (bicyclic) bond motifs is 4. The Morgan fingerprint density at radius 3 is 2.53 bits per heavy atom. The van der Waals surface area contributed by atoms with E-state index in [1.54, 1.807) is 6.07 Å². The van der Waals surface area contributed by atoms with E-state index in [4.69, 9.17) is 0 Å². The Morgan fingerprint density at radius 2 is 1.66 bits per heavy atom. The molecule has 5 aromatic rings. The molecular formula is C25H21N4O3+. The number of quaternary nitrogens is 1. The van der Waals surface area contributed by atoms with Crippen LogP contribution in [0.25, 0.3) is 27.4 Å². The van der Waals surface area contributed by atoms with Crippen LogP contribution in [0.5, 0.6) is 5.88 Å². The predicted octanol–water partition coefficient (Wildman–Crippen LogP) is 2.07. The lowest BCUT2D eigenvalue weighted by Crippen LogP contribution is -2.87. The first-order valence-corrected chi connectivity index (χ1v) is 10.6. The Balaban J connectivity index is 1.62. The Kier molecular flexibility index (Phi) is 4.06. The zero-order chi connectivity index (χ0) is 21.8. The van der Waals surface area contributed by atoms with Gasteiger partial charge in [0.15, 0.2) is 6.04 Å². The van der Waals surface area contributed by atoms with Crippen molar-refractivity contribution in [2.75, 3.05) is 6.54 Å². The molecule has 158 valence electrons. The third kappa shape index (κ3) is 2.65. The second-order valence-corrected chi connectivity index (χ2v) is 8.15. The van der Waals surface area contributed by atoms with Crippen molar-refractivity contribution in [1.82, 2.24) is 14.5 Å². The molecule has 0 spiro atoms. The molecule has 1 aliphatic rings. The summed E-state index contributed by atoms with van der Waals surface area (Å²) in [6, 6.07) is 20.8. The van der Waals surface area contributed by atoms with Crippen LogP contribution in [0.15, 0.2) is 76.3 Å². The van der Waals surface area contributed by atoms with E-state index in [-0.39, 0.29) is 11.4 Å². The van der Waals surface area contributed by atoms with Gasteiger partial charge in [0, 0.05) is 22.7 Å². The summed E-state index contributed by atoms with van der Waals surface area (Å²) in [5.41, 5.74) is 2.49. The molecular weight excluding hydrogens is 404 g/mol. The van der Waals surface area contributed by atoms with Gasteiger partial charge < -0.3 is 15.4 Å². The number of hydrogen-bond donors (Lipinski definition) is 4. The molecule has 3 aromatic carbocycles. The van der Waals surface area contributed by atoms with Crippen molar-refractivity contribution >= 4 is 21.7 Å². The van der Waals surface area contributed by atoms with Crippen LogP contribution in [0.1, 0.15) is 22.9 Å². The summed E-state index contributed by atoms with van der Waals surface area (Å²) in [4.78, 5) is 31.7. The molecule has 0 amide bonds. The summed E-state index contributed by atoms with van der Waals surface area (Å²) < 4.78 is 1.20. The number of aromatic amines is 2. The van der Waals surface area contributed by atoms with Crippen molar-refractivity contribution < 1.29 is 10.4 Å². The van der Waals surface area contributed by atoms with Gasteiger partial charge in [-0.15, -0.1) is 0 Å². The molecule has 0 bridgehead atoms. The highest BCUT2D eigenvalue weighted by atomic mass is 16.3. The fourth-order valence-electron chi connectivity index (χ4n) is 4.98. The van der Waals surface area contributed by atoms with Gasteiger partial charge in [-0.05, 0) is 23.1 Å². The van der Waals surface area contributed by atoms with E-state index in [2.05, 4.69) is 16.0 Å². The second-order valence-electron chi connectivity index (χ2n) is 8.15. The lowest BCUT2D eigenvalue weighted by Gasteiger charge is -2.22. The van der Waals surface area contributed by atoms with Gasteiger partial charge in [0.2, 0.25) is 5.88 Å². The van der Waals surface area contributed by atoms with E-state index in [1.165, 1.54) is 4.57 Å². The Bertz CT molecular complexity index is 1620. The standard InChI is InChI=1S/C25H20N4O3/c30-23-20(22-21-17(12-13-26-22)16-9-3-4-10-18(16)27-21)24(31)29(25(32)28-23)19-11-5-7-14-6-1-2-8-15(14)19/h1-11,22,26-27,31H,12-13H2,(H,28,30,32)/p+1/t22-/m0/s1. The number of nitrogens with zero attached hydrogens (tertiary/aromatic N) is 1. The highest BCUT2D eigenvalue weighted by Crippen LogP contribution is 2.33. The van der Waals surface area contributed by atoms with Crippen LogP contribution in [0, 0.1) is 0 Å². The molecule has 0 saturated carbocycles. The third-order valence-corrected chi connectivity index (χ3v) is 6.39. The molecule has 32 heavy (non-hydrogen) atoms. The van der Waals surface area contributed by atoms with Crippen molar-refractivity contribution in [3.05, 3.63) is 104 Å². The van der Waals surface area contributed by atoms with Gasteiger partial charge in [-0.2, -0.15) is 0 Å². The lowest BCUT2D eigenvalue weighted by atomic mass is 9.95. The van der Waals surface area contributed by atoms with Crippen LogP contribution < -0.4 is 16.6 Å². The van der Waals surface area contributed by atoms with Gasteiger partial charge in [-0.25, -0.2) is 9.36 Å². The zero-order valence-electron chi connectivity index (χ0n) is 17.1. The molecule has 2 aromatic heterocycles. The highest BCUT2D eigenvalue weighted by Gasteiger charge is 2.34. The number of H-pyrrole nitrogens is 2. The molecule has 0 radical (unpaired) electrons. The zero-order valence-corrected chi connectivity index (χ0v) is 17.1. The smallest absolute Gasteiger partial charge is 0.335 e. The first-order valence-electron chi connectivity index (χ1n) is 10.6. The Morgan fingerprint density at radius 1 is 0.906 bits per heavy atom. The third-order valence-electron chi connectivity index (χ3n) is 6.39. The molecule has 7 heteroatoms. The van der Waals surface area contributed by atoms with Gasteiger partial charge in [-0.3, -0.25) is 9.78 Å². The lowest BCUT2D eigenvalue weighted by molar-refractivity contribution is -0.690. The Hall–Kier alpha value is -4.10. The average molecular weight is 425 g/mol. The van der Waals surface area contributed by atoms with Crippen LogP contribution in [0.3, 0.4) is 0 Å². The Labute approximate surface area is 182 Å². The highest BCUT2D eigenvalue weighted by molar-refractivity contribution is 5.90. The largest absolute Gasteiger partial charge is 0.494 e. The first kappa shape index (κ1) is 18.7. The summed E-state index contributed by atoms with van der Waals surface area (Å²) in [5, 5.41) is 16.2. The first-order chi connectivity index (χ1) is 15.6. The number of aromatic hydroxyl groups is 1. The van der Waals surface area contributed by atoms with Crippen molar-refractivity contribution in [3.8, 4) is 11.6 Å². The number of nitrogens with two attached hydrogens (primary N) is 1. The van der Waals surface area contributed by atoms with Gasteiger partial charge in [0.1, 0.15) is 5.56 Å². The number of benzene rings is 3.